The largest absolute Gasteiger partial charge is 0.457 e. The molecule has 8 nitrogen and oxygen atoms in total. The van der Waals surface area contributed by atoms with Crippen LogP contribution in [0.5, 0.6) is 11.5 Å². The van der Waals surface area contributed by atoms with Gasteiger partial charge in [0, 0.05) is 29.9 Å². The number of amides is 2. The van der Waals surface area contributed by atoms with Gasteiger partial charge in [-0.25, -0.2) is 4.79 Å². The predicted molar refractivity (Wildman–Crippen MR) is 180 cm³/mol. The molecular formula is C38H43N3O5. The lowest BCUT2D eigenvalue weighted by molar-refractivity contribution is -0.253. The number of aliphatic hydroxyl groups is 1. The first-order valence-electron chi connectivity index (χ1n) is 16.4. The van der Waals surface area contributed by atoms with Gasteiger partial charge in [-0.3, -0.25) is 0 Å². The molecule has 0 bridgehead atoms. The summed E-state index contributed by atoms with van der Waals surface area (Å²) < 4.78 is 18.9. The molecule has 2 saturated heterocycles. The van der Waals surface area contributed by atoms with Crippen molar-refractivity contribution in [2.45, 2.75) is 63.6 Å². The smallest absolute Gasteiger partial charge is 0.323 e. The van der Waals surface area contributed by atoms with Gasteiger partial charge in [-0.1, -0.05) is 73.9 Å². The first kappa shape index (κ1) is 31.8. The normalized spacial score (nSPS) is 20.7. The molecule has 2 heterocycles. The monoisotopic (exact) mass is 621 g/mol. The number of carbonyl (C=O) groups excluding carboxylic acids is 1. The van der Waals surface area contributed by atoms with Crippen LogP contribution in [-0.2, 0) is 16.1 Å². The number of benzene rings is 4. The Kier molecular flexibility index (Phi) is 11.0. The van der Waals surface area contributed by atoms with Crippen LogP contribution in [0.1, 0.15) is 67.6 Å². The van der Waals surface area contributed by atoms with E-state index in [0.717, 1.165) is 48.5 Å². The molecule has 2 aliphatic rings. The maximum absolute atomic E-state index is 12.7. The first-order chi connectivity index (χ1) is 22.6. The van der Waals surface area contributed by atoms with Gasteiger partial charge in [0.05, 0.1) is 18.8 Å². The van der Waals surface area contributed by atoms with E-state index in [2.05, 4.69) is 15.5 Å². The van der Waals surface area contributed by atoms with E-state index in [1.165, 1.54) is 32.1 Å². The van der Waals surface area contributed by atoms with Crippen molar-refractivity contribution in [1.29, 1.82) is 0 Å². The summed E-state index contributed by atoms with van der Waals surface area (Å²) in [7, 11) is 0. The van der Waals surface area contributed by atoms with Crippen LogP contribution in [0, 0.1) is 0 Å². The number of carbonyl (C=O) groups is 1. The van der Waals surface area contributed by atoms with Crippen molar-refractivity contribution >= 4 is 17.4 Å². The summed E-state index contributed by atoms with van der Waals surface area (Å²) in [5, 5.41) is 15.3. The lowest BCUT2D eigenvalue weighted by Gasteiger charge is -2.38. The topological polar surface area (TPSA) is 92.3 Å². The van der Waals surface area contributed by atoms with E-state index in [1.807, 2.05) is 91.0 Å². The number of anilines is 2. The summed E-state index contributed by atoms with van der Waals surface area (Å²) in [5.74, 6) is 1.44. The van der Waals surface area contributed by atoms with Crippen LogP contribution in [0.4, 0.5) is 16.2 Å². The Labute approximate surface area is 271 Å². The fourth-order valence-electron chi connectivity index (χ4n) is 6.06. The number of ether oxygens (including phenoxy) is 3. The fraction of sp³-hybridized carbons (Fsp3) is 0.342. The molecule has 0 unspecified atom stereocenters. The third-order valence-electron chi connectivity index (χ3n) is 8.56. The SMILES string of the molecule is O=C(Nc1ccc(Oc2ccccc2)cc1)Nc1ccc([C@H]2O[C@@H](CN3CCCCCCC3)C[C@@H](c3ccc(CO)cc3)O2)cc1. The van der Waals surface area contributed by atoms with Crippen molar-refractivity contribution in [2.24, 2.45) is 0 Å². The van der Waals surface area contributed by atoms with Gasteiger partial charge in [0.1, 0.15) is 11.5 Å². The number of nitrogens with one attached hydrogen (secondary N) is 2. The van der Waals surface area contributed by atoms with E-state index in [0.29, 0.717) is 17.1 Å². The van der Waals surface area contributed by atoms with E-state index < -0.39 is 6.29 Å². The first-order valence-corrected chi connectivity index (χ1v) is 16.4. The lowest BCUT2D eigenvalue weighted by Crippen LogP contribution is -2.40. The van der Waals surface area contributed by atoms with Crippen LogP contribution in [0.15, 0.2) is 103 Å². The van der Waals surface area contributed by atoms with Gasteiger partial charge in [0.15, 0.2) is 6.29 Å². The van der Waals surface area contributed by atoms with Crippen LogP contribution < -0.4 is 15.4 Å². The highest BCUT2D eigenvalue weighted by atomic mass is 16.7. The van der Waals surface area contributed by atoms with E-state index in [1.54, 1.807) is 12.1 Å². The van der Waals surface area contributed by atoms with E-state index in [4.69, 9.17) is 14.2 Å². The van der Waals surface area contributed by atoms with Crippen molar-refractivity contribution in [3.05, 3.63) is 120 Å². The number of para-hydroxylation sites is 1. The van der Waals surface area contributed by atoms with Crippen molar-refractivity contribution in [3.63, 3.8) is 0 Å². The lowest BCUT2D eigenvalue weighted by atomic mass is 9.99. The Morgan fingerprint density at radius 2 is 1.30 bits per heavy atom. The van der Waals surface area contributed by atoms with Gasteiger partial charge in [-0.2, -0.15) is 0 Å². The Hall–Kier alpha value is -4.21. The summed E-state index contributed by atoms with van der Waals surface area (Å²) in [4.78, 5) is 15.3. The van der Waals surface area contributed by atoms with E-state index in [-0.39, 0.29) is 24.8 Å². The van der Waals surface area contributed by atoms with Crippen molar-refractivity contribution in [3.8, 4) is 11.5 Å². The molecule has 0 spiro atoms. The molecule has 4 aromatic carbocycles. The van der Waals surface area contributed by atoms with Gasteiger partial charge in [0.2, 0.25) is 0 Å². The van der Waals surface area contributed by atoms with Crippen molar-refractivity contribution in [1.82, 2.24) is 4.90 Å². The molecule has 0 saturated carbocycles. The fourth-order valence-corrected chi connectivity index (χ4v) is 6.06. The molecule has 0 aliphatic carbocycles. The standard InChI is InChI=1S/C38H43N3O5/c42-27-28-11-13-29(14-12-28)36-25-35(26-41-23-7-2-1-3-8-24-41)45-37(46-36)30-15-17-31(18-16-30)39-38(43)40-32-19-21-34(22-20-32)44-33-9-5-4-6-10-33/h4-6,9-22,35-37,42H,1-3,7-8,23-27H2,(H2,39,40,43)/t35-,36+,37+/m1/s1. The molecule has 6 rings (SSSR count). The zero-order valence-corrected chi connectivity index (χ0v) is 26.1. The summed E-state index contributed by atoms with van der Waals surface area (Å²) in [6, 6.07) is 32.1. The number of rotatable bonds is 9. The van der Waals surface area contributed by atoms with E-state index in [9.17, 15) is 9.90 Å². The second-order valence-electron chi connectivity index (χ2n) is 12.1. The van der Waals surface area contributed by atoms with Gasteiger partial charge in [-0.05, 0) is 85.6 Å². The van der Waals surface area contributed by atoms with Crippen LogP contribution in [0.2, 0.25) is 0 Å². The van der Waals surface area contributed by atoms with Gasteiger partial charge < -0.3 is 34.9 Å². The van der Waals surface area contributed by atoms with Crippen molar-refractivity contribution in [2.75, 3.05) is 30.3 Å². The molecule has 3 atom stereocenters. The summed E-state index contributed by atoms with van der Waals surface area (Å²) >= 11 is 0. The molecule has 0 radical (unpaired) electrons. The summed E-state index contributed by atoms with van der Waals surface area (Å²) in [6.07, 6.45) is 6.52. The van der Waals surface area contributed by atoms with Crippen molar-refractivity contribution < 1.29 is 24.1 Å². The molecule has 240 valence electrons. The Morgan fingerprint density at radius 1 is 0.717 bits per heavy atom. The summed E-state index contributed by atoms with van der Waals surface area (Å²) in [5.41, 5.74) is 4.18. The minimum atomic E-state index is -0.532. The molecule has 2 fully saturated rings. The highest BCUT2D eigenvalue weighted by molar-refractivity contribution is 5.99. The molecule has 2 aliphatic heterocycles. The Balaban J connectivity index is 1.08. The quantitative estimate of drug-likeness (QED) is 0.174. The van der Waals surface area contributed by atoms with Crippen LogP contribution in [0.3, 0.4) is 0 Å². The summed E-state index contributed by atoms with van der Waals surface area (Å²) in [6.45, 7) is 3.11. The zero-order chi connectivity index (χ0) is 31.6. The molecule has 8 heteroatoms. The van der Waals surface area contributed by atoms with Crippen LogP contribution >= 0.6 is 0 Å². The molecule has 46 heavy (non-hydrogen) atoms. The minimum Gasteiger partial charge on any atom is -0.457 e. The van der Waals surface area contributed by atoms with Gasteiger partial charge in [-0.15, -0.1) is 0 Å². The number of hydrogen-bond donors (Lipinski definition) is 3. The molecule has 0 aromatic heterocycles. The maximum atomic E-state index is 12.7. The average molecular weight is 622 g/mol. The van der Waals surface area contributed by atoms with Crippen LogP contribution in [-0.4, -0.2) is 41.8 Å². The number of aliphatic hydroxyl groups excluding tert-OH is 1. The number of urea groups is 1. The third kappa shape index (κ3) is 8.95. The molecular weight excluding hydrogens is 578 g/mol. The van der Waals surface area contributed by atoms with Gasteiger partial charge >= 0.3 is 6.03 Å². The molecule has 3 N–H and O–H groups in total. The number of hydrogen-bond acceptors (Lipinski definition) is 6. The van der Waals surface area contributed by atoms with E-state index >= 15 is 0 Å². The number of nitrogens with zero attached hydrogens (tertiary/aromatic N) is 1. The second kappa shape index (κ2) is 15.9. The Morgan fingerprint density at radius 3 is 1.96 bits per heavy atom. The molecule has 2 amide bonds. The number of likely N-dealkylation sites (tertiary alicyclic amines) is 1. The van der Waals surface area contributed by atoms with Crippen LogP contribution in [0.25, 0.3) is 0 Å². The second-order valence-corrected chi connectivity index (χ2v) is 12.1. The highest BCUT2D eigenvalue weighted by Gasteiger charge is 2.33. The average Bonchev–Trinajstić information content (AvgIpc) is 3.07. The predicted octanol–water partition coefficient (Wildman–Crippen LogP) is 8.43. The Bertz CT molecular complexity index is 1510. The molecule has 4 aromatic rings. The highest BCUT2D eigenvalue weighted by Crippen LogP contribution is 2.38. The third-order valence-corrected chi connectivity index (χ3v) is 8.56. The zero-order valence-electron chi connectivity index (χ0n) is 26.1. The van der Waals surface area contributed by atoms with Gasteiger partial charge in [0.25, 0.3) is 0 Å². The minimum absolute atomic E-state index is 0.0174. The maximum Gasteiger partial charge on any atom is 0.323 e.